The van der Waals surface area contributed by atoms with Crippen molar-refractivity contribution in [3.05, 3.63) is 88.5 Å². The Morgan fingerprint density at radius 3 is 2.64 bits per heavy atom. The third-order valence-corrected chi connectivity index (χ3v) is 5.60. The van der Waals surface area contributed by atoms with E-state index in [0.717, 1.165) is 32.8 Å². The van der Waals surface area contributed by atoms with Crippen molar-refractivity contribution >= 4 is 28.3 Å². The smallest absolute Gasteiger partial charge is 0.350 e. The van der Waals surface area contributed by atoms with Gasteiger partial charge >= 0.3 is 6.18 Å². The molecule has 0 aliphatic heterocycles. The molecule has 0 bridgehead atoms. The average Bonchev–Trinajstić information content (AvgIpc) is 3.21. The van der Waals surface area contributed by atoms with Crippen molar-refractivity contribution in [2.75, 3.05) is 0 Å². The number of rotatable bonds is 5. The van der Waals surface area contributed by atoms with Crippen LogP contribution >= 0.6 is 11.6 Å². The second-order valence-corrected chi connectivity index (χ2v) is 8.18. The van der Waals surface area contributed by atoms with Crippen LogP contribution < -0.4 is 5.32 Å². The number of carbonyl (C=O) groups excluding carboxylic acids is 1. The van der Waals surface area contributed by atoms with Crippen LogP contribution in [0.15, 0.2) is 60.8 Å². The maximum Gasteiger partial charge on any atom is 0.435 e. The van der Waals surface area contributed by atoms with E-state index in [1.54, 1.807) is 31.3 Å². The van der Waals surface area contributed by atoms with Crippen LogP contribution in [0.3, 0.4) is 0 Å². The van der Waals surface area contributed by atoms with Crippen molar-refractivity contribution < 1.29 is 18.0 Å². The molecule has 0 aliphatic rings. The second kappa shape index (κ2) is 8.86. The van der Waals surface area contributed by atoms with Crippen LogP contribution in [0.25, 0.3) is 16.5 Å². The van der Waals surface area contributed by atoms with Gasteiger partial charge in [0.25, 0.3) is 0 Å². The Hall–Kier alpha value is -3.39. The van der Waals surface area contributed by atoms with Gasteiger partial charge in [0.15, 0.2) is 5.69 Å². The van der Waals surface area contributed by atoms with Crippen LogP contribution in [0.4, 0.5) is 13.2 Å². The molecule has 0 saturated carbocycles. The molecule has 2 heterocycles. The summed E-state index contributed by atoms with van der Waals surface area (Å²) in [5, 5.41) is 8.63. The number of aryl methyl sites for hydroxylation is 1. The quantitative estimate of drug-likeness (QED) is 0.398. The Bertz CT molecular complexity index is 1330. The molecule has 0 saturated heterocycles. The molecule has 1 unspecified atom stereocenters. The lowest BCUT2D eigenvalue weighted by Gasteiger charge is -2.16. The number of hydrogen-bond donors (Lipinski definition) is 1. The number of nitrogens with one attached hydrogen (secondary N) is 1. The van der Waals surface area contributed by atoms with Gasteiger partial charge < -0.3 is 5.32 Å². The first-order valence-corrected chi connectivity index (χ1v) is 10.6. The molecule has 4 aromatic rings. The number of carbonyl (C=O) groups is 1. The number of fused-ring (bicyclic) bond motifs is 1. The molecule has 4 rings (SSSR count). The van der Waals surface area contributed by atoms with Crippen LogP contribution in [0, 0.1) is 6.92 Å². The predicted molar refractivity (Wildman–Crippen MR) is 120 cm³/mol. The Morgan fingerprint density at radius 1 is 1.15 bits per heavy atom. The molecule has 0 spiro atoms. The Kier molecular flexibility index (Phi) is 6.12. The van der Waals surface area contributed by atoms with Crippen molar-refractivity contribution in [3.8, 4) is 5.69 Å². The van der Waals surface area contributed by atoms with Gasteiger partial charge in [-0.1, -0.05) is 35.9 Å². The summed E-state index contributed by atoms with van der Waals surface area (Å²) in [5.41, 5.74) is 1.15. The summed E-state index contributed by atoms with van der Waals surface area (Å²) in [5.74, 6) is -0.843. The van der Waals surface area contributed by atoms with Crippen molar-refractivity contribution in [1.29, 1.82) is 0 Å². The molecule has 1 amide bonds. The number of hydrogen-bond acceptors (Lipinski definition) is 3. The van der Waals surface area contributed by atoms with Gasteiger partial charge in [-0.15, -0.1) is 0 Å². The van der Waals surface area contributed by atoms with E-state index in [9.17, 15) is 18.0 Å². The number of alkyl halides is 3. The first kappa shape index (κ1) is 22.8. The molecule has 5 nitrogen and oxygen atoms in total. The first-order chi connectivity index (χ1) is 15.6. The summed E-state index contributed by atoms with van der Waals surface area (Å²) in [7, 11) is 0. The molecule has 0 aliphatic carbocycles. The van der Waals surface area contributed by atoms with Crippen molar-refractivity contribution in [3.63, 3.8) is 0 Å². The minimum atomic E-state index is -4.62. The van der Waals surface area contributed by atoms with E-state index in [2.05, 4.69) is 15.4 Å². The molecule has 1 N–H and O–H groups in total. The van der Waals surface area contributed by atoms with Crippen molar-refractivity contribution in [1.82, 2.24) is 20.1 Å². The number of pyridine rings is 1. The predicted octanol–water partition coefficient (Wildman–Crippen LogP) is 5.82. The summed E-state index contributed by atoms with van der Waals surface area (Å²) in [6, 6.07) is 14.8. The van der Waals surface area contributed by atoms with Gasteiger partial charge in [0.1, 0.15) is 0 Å². The maximum atomic E-state index is 13.3. The Balaban J connectivity index is 1.61. The Morgan fingerprint density at radius 2 is 1.91 bits per heavy atom. The lowest BCUT2D eigenvalue weighted by molar-refractivity contribution is -0.141. The third kappa shape index (κ3) is 4.85. The first-order valence-electron chi connectivity index (χ1n) is 10.2. The fraction of sp³-hybridized carbons (Fsp3) is 0.208. The van der Waals surface area contributed by atoms with Crippen molar-refractivity contribution in [2.45, 2.75) is 32.5 Å². The highest BCUT2D eigenvalue weighted by atomic mass is 35.5. The van der Waals surface area contributed by atoms with Crippen LogP contribution in [0.5, 0.6) is 0 Å². The number of benzene rings is 2. The maximum absolute atomic E-state index is 13.3. The van der Waals surface area contributed by atoms with Crippen molar-refractivity contribution in [2.24, 2.45) is 0 Å². The van der Waals surface area contributed by atoms with Gasteiger partial charge in [-0.25, -0.2) is 4.68 Å². The molecule has 0 radical (unpaired) electrons. The summed E-state index contributed by atoms with van der Waals surface area (Å²) < 4.78 is 41.1. The summed E-state index contributed by atoms with van der Waals surface area (Å²) in [6.45, 7) is 3.50. The van der Waals surface area contributed by atoms with Gasteiger partial charge in [0.05, 0.1) is 23.8 Å². The van der Waals surface area contributed by atoms with Crippen LogP contribution in [0.1, 0.15) is 35.5 Å². The van der Waals surface area contributed by atoms with Crippen LogP contribution in [0.2, 0.25) is 5.02 Å². The molecule has 1 atom stereocenters. The standard InChI is InChI=1S/C24H20ClF3N4O/c1-14-9-21-16(12-29-14)5-3-8-20(21)15(2)23(33)30-13-19-11-22(24(26,27)28)31-32(19)18-7-4-6-17(25)10-18/h3-12,15H,13H2,1-2H3,(H,30,33). The van der Waals surface area contributed by atoms with Gasteiger partial charge in [-0.2, -0.15) is 18.3 Å². The average molecular weight is 473 g/mol. The highest BCUT2D eigenvalue weighted by Crippen LogP contribution is 2.30. The zero-order chi connectivity index (χ0) is 23.8. The number of aromatic nitrogens is 3. The number of halogens is 4. The molecular formula is C24H20ClF3N4O. The zero-order valence-corrected chi connectivity index (χ0v) is 18.6. The summed E-state index contributed by atoms with van der Waals surface area (Å²) in [6.07, 6.45) is -2.87. The largest absolute Gasteiger partial charge is 0.435 e. The van der Waals surface area contributed by atoms with E-state index >= 15 is 0 Å². The van der Waals surface area contributed by atoms with Gasteiger partial charge in [0.2, 0.25) is 5.91 Å². The fourth-order valence-corrected chi connectivity index (χ4v) is 3.85. The SMILES string of the molecule is Cc1cc2c(C(C)C(=O)NCc3cc(C(F)(F)F)nn3-c3cccc(Cl)c3)cccc2cn1. The molecule has 33 heavy (non-hydrogen) atoms. The molecule has 170 valence electrons. The van der Waals surface area contributed by atoms with E-state index in [4.69, 9.17) is 11.6 Å². The molecule has 9 heteroatoms. The zero-order valence-electron chi connectivity index (χ0n) is 17.8. The molecule has 0 fully saturated rings. The monoisotopic (exact) mass is 472 g/mol. The van der Waals surface area contributed by atoms with E-state index in [1.807, 2.05) is 31.2 Å². The van der Waals surface area contributed by atoms with Gasteiger partial charge in [-0.3, -0.25) is 9.78 Å². The third-order valence-electron chi connectivity index (χ3n) is 5.36. The summed E-state index contributed by atoms with van der Waals surface area (Å²) >= 11 is 6.00. The summed E-state index contributed by atoms with van der Waals surface area (Å²) in [4.78, 5) is 17.2. The topological polar surface area (TPSA) is 59.8 Å². The molecule has 2 aromatic heterocycles. The normalized spacial score (nSPS) is 12.7. The van der Waals surface area contributed by atoms with Crippen LogP contribution in [-0.4, -0.2) is 20.7 Å². The number of amides is 1. The highest BCUT2D eigenvalue weighted by molar-refractivity contribution is 6.30. The van der Waals surface area contributed by atoms with Gasteiger partial charge in [0, 0.05) is 22.3 Å². The van der Waals surface area contributed by atoms with Crippen LogP contribution in [-0.2, 0) is 17.5 Å². The minimum absolute atomic E-state index is 0.135. The van der Waals surface area contributed by atoms with Gasteiger partial charge in [-0.05, 0) is 55.1 Å². The van der Waals surface area contributed by atoms with E-state index in [1.165, 1.54) is 6.07 Å². The molecule has 2 aromatic carbocycles. The Labute approximate surface area is 193 Å². The second-order valence-electron chi connectivity index (χ2n) is 7.74. The van der Waals surface area contributed by atoms with E-state index in [0.29, 0.717) is 10.7 Å². The minimum Gasteiger partial charge on any atom is -0.350 e. The van der Waals surface area contributed by atoms with E-state index < -0.39 is 17.8 Å². The highest BCUT2D eigenvalue weighted by Gasteiger charge is 2.35. The fourth-order valence-electron chi connectivity index (χ4n) is 3.66. The lowest BCUT2D eigenvalue weighted by Crippen LogP contribution is -2.28. The lowest BCUT2D eigenvalue weighted by atomic mass is 9.94. The van der Waals surface area contributed by atoms with E-state index in [-0.39, 0.29) is 18.1 Å². The number of nitrogens with zero attached hydrogens (tertiary/aromatic N) is 3. The molecular weight excluding hydrogens is 453 g/mol.